The van der Waals surface area contributed by atoms with Gasteiger partial charge in [-0.1, -0.05) is 34.6 Å². The lowest BCUT2D eigenvalue weighted by Crippen LogP contribution is -2.41. The first-order chi connectivity index (χ1) is 8.16. The van der Waals surface area contributed by atoms with E-state index in [0.29, 0.717) is 6.54 Å². The molecule has 2 aliphatic rings. The predicted octanol–water partition coefficient (Wildman–Crippen LogP) is 3.01. The molecule has 17 heavy (non-hydrogen) atoms. The second-order valence-electron chi connectivity index (χ2n) is 4.95. The highest BCUT2D eigenvalue weighted by atomic mass is 79.9. The maximum atomic E-state index is 11.8. The Morgan fingerprint density at radius 3 is 2.88 bits per heavy atom. The molecule has 0 saturated heterocycles. The number of nitrogens with zero attached hydrogens (tertiary/aromatic N) is 1. The molecule has 3 rings (SSSR count). The average Bonchev–Trinajstić information content (AvgIpc) is 3.07. The van der Waals surface area contributed by atoms with Crippen molar-refractivity contribution in [2.75, 3.05) is 6.54 Å². The normalized spacial score (nSPS) is 19.9. The van der Waals surface area contributed by atoms with Crippen LogP contribution in [0.15, 0.2) is 35.3 Å². The fourth-order valence-corrected chi connectivity index (χ4v) is 3.67. The van der Waals surface area contributed by atoms with Crippen LogP contribution in [0.2, 0.25) is 0 Å². The van der Waals surface area contributed by atoms with Crippen molar-refractivity contribution in [3.05, 3.63) is 46.5 Å². The van der Waals surface area contributed by atoms with Gasteiger partial charge in [0.25, 0.3) is 0 Å². The van der Waals surface area contributed by atoms with Gasteiger partial charge in [-0.15, -0.1) is 0 Å². The third-order valence-electron chi connectivity index (χ3n) is 3.82. The molecule has 1 aromatic carbocycles. The SMILES string of the molecule is C=CC(=O)N1Cc2cccc(Br)c2C2(CC2)C1. The van der Waals surface area contributed by atoms with Crippen LogP contribution in [0.25, 0.3) is 0 Å². The Balaban J connectivity index is 2.05. The quantitative estimate of drug-likeness (QED) is 0.729. The second-order valence-corrected chi connectivity index (χ2v) is 5.81. The topological polar surface area (TPSA) is 20.3 Å². The Hall–Kier alpha value is -1.09. The minimum atomic E-state index is 0.0434. The largest absolute Gasteiger partial charge is 0.334 e. The number of benzene rings is 1. The Morgan fingerprint density at radius 1 is 1.47 bits per heavy atom. The summed E-state index contributed by atoms with van der Waals surface area (Å²) in [6, 6.07) is 6.27. The minimum absolute atomic E-state index is 0.0434. The van der Waals surface area contributed by atoms with E-state index in [0.717, 1.165) is 6.54 Å². The van der Waals surface area contributed by atoms with E-state index in [1.54, 1.807) is 0 Å². The molecular weight excluding hydrogens is 278 g/mol. The van der Waals surface area contributed by atoms with Crippen molar-refractivity contribution in [2.24, 2.45) is 0 Å². The molecule has 0 bridgehead atoms. The highest BCUT2D eigenvalue weighted by Gasteiger charge is 2.50. The summed E-state index contributed by atoms with van der Waals surface area (Å²) >= 11 is 3.65. The molecule has 1 aromatic rings. The molecule has 0 atom stereocenters. The van der Waals surface area contributed by atoms with E-state index in [9.17, 15) is 4.79 Å². The summed E-state index contributed by atoms with van der Waals surface area (Å²) in [6.07, 6.45) is 3.78. The molecule has 1 spiro atoms. The molecule has 3 heteroatoms. The summed E-state index contributed by atoms with van der Waals surface area (Å²) in [7, 11) is 0. The highest BCUT2D eigenvalue weighted by Crippen LogP contribution is 2.54. The maximum Gasteiger partial charge on any atom is 0.246 e. The first kappa shape index (κ1) is 11.0. The zero-order valence-electron chi connectivity index (χ0n) is 9.58. The van der Waals surface area contributed by atoms with Crippen LogP contribution in [0.1, 0.15) is 24.0 Å². The molecular formula is C14H14BrNO. The second kappa shape index (κ2) is 3.70. The van der Waals surface area contributed by atoms with Crippen LogP contribution in [-0.2, 0) is 16.8 Å². The third-order valence-corrected chi connectivity index (χ3v) is 4.49. The Morgan fingerprint density at radius 2 is 2.24 bits per heavy atom. The first-order valence-corrected chi connectivity index (χ1v) is 6.65. The van der Waals surface area contributed by atoms with Crippen molar-refractivity contribution in [3.8, 4) is 0 Å². The molecule has 1 aliphatic carbocycles. The number of hydrogen-bond acceptors (Lipinski definition) is 1. The van der Waals surface area contributed by atoms with Crippen LogP contribution < -0.4 is 0 Å². The lowest BCUT2D eigenvalue weighted by Gasteiger charge is -2.35. The molecule has 88 valence electrons. The van der Waals surface area contributed by atoms with Gasteiger partial charge < -0.3 is 4.90 Å². The molecule has 0 aromatic heterocycles. The van der Waals surface area contributed by atoms with Gasteiger partial charge in [-0.2, -0.15) is 0 Å². The molecule has 1 fully saturated rings. The fraction of sp³-hybridized carbons (Fsp3) is 0.357. The summed E-state index contributed by atoms with van der Waals surface area (Å²) in [5, 5.41) is 0. The van der Waals surface area contributed by atoms with Crippen LogP contribution >= 0.6 is 15.9 Å². The van der Waals surface area contributed by atoms with E-state index >= 15 is 0 Å². The predicted molar refractivity (Wildman–Crippen MR) is 70.7 cm³/mol. The van der Waals surface area contributed by atoms with Crippen LogP contribution in [0.4, 0.5) is 0 Å². The molecule has 0 radical (unpaired) electrons. The molecule has 0 N–H and O–H groups in total. The lowest BCUT2D eigenvalue weighted by atomic mass is 9.87. The molecule has 1 amide bonds. The Kier molecular flexibility index (Phi) is 2.40. The maximum absolute atomic E-state index is 11.8. The number of carbonyl (C=O) groups is 1. The van der Waals surface area contributed by atoms with Crippen molar-refractivity contribution in [1.29, 1.82) is 0 Å². The summed E-state index contributed by atoms with van der Waals surface area (Å²) in [4.78, 5) is 13.7. The van der Waals surface area contributed by atoms with Crippen molar-refractivity contribution in [3.63, 3.8) is 0 Å². The van der Waals surface area contributed by atoms with Gasteiger partial charge >= 0.3 is 0 Å². The summed E-state index contributed by atoms with van der Waals surface area (Å²) in [6.45, 7) is 5.13. The van der Waals surface area contributed by atoms with Crippen molar-refractivity contribution >= 4 is 21.8 Å². The Bertz CT molecular complexity index is 505. The number of halogens is 1. The number of amides is 1. The molecule has 1 heterocycles. The summed E-state index contributed by atoms with van der Waals surface area (Å²) in [5.41, 5.74) is 2.92. The van der Waals surface area contributed by atoms with Crippen LogP contribution in [0, 0.1) is 0 Å². The Labute approximate surface area is 109 Å². The van der Waals surface area contributed by atoms with Gasteiger partial charge in [-0.3, -0.25) is 4.79 Å². The van der Waals surface area contributed by atoms with Gasteiger partial charge in [-0.25, -0.2) is 0 Å². The smallest absolute Gasteiger partial charge is 0.246 e. The van der Waals surface area contributed by atoms with Crippen molar-refractivity contribution < 1.29 is 4.79 Å². The molecule has 1 saturated carbocycles. The van der Waals surface area contributed by atoms with E-state index in [2.05, 4.69) is 34.6 Å². The van der Waals surface area contributed by atoms with Crippen LogP contribution in [-0.4, -0.2) is 17.4 Å². The molecule has 2 nitrogen and oxygen atoms in total. The average molecular weight is 292 g/mol. The van der Waals surface area contributed by atoms with E-state index in [-0.39, 0.29) is 11.3 Å². The summed E-state index contributed by atoms with van der Waals surface area (Å²) < 4.78 is 1.19. The number of hydrogen-bond donors (Lipinski definition) is 0. The first-order valence-electron chi connectivity index (χ1n) is 5.85. The van der Waals surface area contributed by atoms with E-state index in [4.69, 9.17) is 0 Å². The lowest BCUT2D eigenvalue weighted by molar-refractivity contribution is -0.127. The van der Waals surface area contributed by atoms with Gasteiger partial charge in [0, 0.05) is 23.0 Å². The number of fused-ring (bicyclic) bond motifs is 2. The zero-order valence-corrected chi connectivity index (χ0v) is 11.2. The fourth-order valence-electron chi connectivity index (χ4n) is 2.84. The molecule has 0 unspecified atom stereocenters. The van der Waals surface area contributed by atoms with Gasteiger partial charge in [0.15, 0.2) is 0 Å². The minimum Gasteiger partial charge on any atom is -0.334 e. The van der Waals surface area contributed by atoms with Crippen LogP contribution in [0.3, 0.4) is 0 Å². The zero-order chi connectivity index (χ0) is 12.0. The van der Waals surface area contributed by atoms with Crippen molar-refractivity contribution in [2.45, 2.75) is 24.8 Å². The number of carbonyl (C=O) groups excluding carboxylic acids is 1. The van der Waals surface area contributed by atoms with Crippen LogP contribution in [0.5, 0.6) is 0 Å². The molecule has 1 aliphatic heterocycles. The number of rotatable bonds is 1. The van der Waals surface area contributed by atoms with E-state index in [1.165, 1.54) is 34.5 Å². The third kappa shape index (κ3) is 1.64. The highest BCUT2D eigenvalue weighted by molar-refractivity contribution is 9.10. The standard InChI is InChI=1S/C14H14BrNO/c1-2-12(17)16-8-10-4-3-5-11(15)13(10)14(9-16)6-7-14/h2-5H,1,6-9H2. The van der Waals surface area contributed by atoms with E-state index in [1.807, 2.05) is 11.0 Å². The monoisotopic (exact) mass is 291 g/mol. The van der Waals surface area contributed by atoms with Gasteiger partial charge in [0.2, 0.25) is 5.91 Å². The summed E-state index contributed by atoms with van der Waals surface area (Å²) in [5.74, 6) is 0.0434. The van der Waals surface area contributed by atoms with Gasteiger partial charge in [0.05, 0.1) is 0 Å². The van der Waals surface area contributed by atoms with Gasteiger partial charge in [-0.05, 0) is 36.1 Å². The van der Waals surface area contributed by atoms with Gasteiger partial charge in [0.1, 0.15) is 0 Å². The van der Waals surface area contributed by atoms with E-state index < -0.39 is 0 Å². The van der Waals surface area contributed by atoms with Crippen molar-refractivity contribution in [1.82, 2.24) is 4.90 Å².